The number of rotatable bonds is 5. The number of hydrogen-bond acceptors (Lipinski definition) is 2. The van der Waals surface area contributed by atoms with E-state index < -0.39 is 30.3 Å². The Bertz CT molecular complexity index is 419. The Balaban J connectivity index is 2.59. The van der Waals surface area contributed by atoms with Crippen LogP contribution in [-0.4, -0.2) is 31.2 Å². The number of halogens is 5. The van der Waals surface area contributed by atoms with Crippen molar-refractivity contribution in [3.63, 3.8) is 0 Å². The van der Waals surface area contributed by atoms with Crippen molar-refractivity contribution in [2.45, 2.75) is 18.6 Å². The number of alkyl halides is 3. The molecule has 0 aliphatic carbocycles. The lowest BCUT2D eigenvalue weighted by Gasteiger charge is -2.22. The van der Waals surface area contributed by atoms with Crippen LogP contribution in [0.15, 0.2) is 18.2 Å². The summed E-state index contributed by atoms with van der Waals surface area (Å²) in [4.78, 5) is 1.34. The molecule has 0 bridgehead atoms. The van der Waals surface area contributed by atoms with Crippen molar-refractivity contribution in [1.29, 1.82) is 0 Å². The van der Waals surface area contributed by atoms with Crippen molar-refractivity contribution in [2.75, 3.05) is 20.1 Å². The van der Waals surface area contributed by atoms with Gasteiger partial charge in [0, 0.05) is 24.7 Å². The van der Waals surface area contributed by atoms with Crippen LogP contribution >= 0.6 is 0 Å². The van der Waals surface area contributed by atoms with E-state index in [2.05, 4.69) is 0 Å². The third-order valence-electron chi connectivity index (χ3n) is 2.67. The smallest absolute Gasteiger partial charge is 0.323 e. The number of nitrogens with zero attached hydrogens (tertiary/aromatic N) is 1. The van der Waals surface area contributed by atoms with Crippen molar-refractivity contribution in [3.8, 4) is 0 Å². The average molecular weight is 282 g/mol. The standard InChI is InChI=1S/C12H15F5N2/c1-19(6-5-12(15,16)17)7-10(18)8-3-2-4-9(13)11(8)14/h2-4,10H,5-7,18H2,1H3. The van der Waals surface area contributed by atoms with E-state index in [0.29, 0.717) is 0 Å². The van der Waals surface area contributed by atoms with Crippen LogP contribution in [0.2, 0.25) is 0 Å². The second kappa shape index (κ2) is 6.29. The highest BCUT2D eigenvalue weighted by molar-refractivity contribution is 5.22. The van der Waals surface area contributed by atoms with Gasteiger partial charge in [-0.2, -0.15) is 13.2 Å². The third kappa shape index (κ3) is 5.12. The molecule has 0 saturated carbocycles. The summed E-state index contributed by atoms with van der Waals surface area (Å²) < 4.78 is 62.5. The van der Waals surface area contributed by atoms with Gasteiger partial charge in [-0.3, -0.25) is 0 Å². The van der Waals surface area contributed by atoms with E-state index >= 15 is 0 Å². The molecular formula is C12H15F5N2. The van der Waals surface area contributed by atoms with Crippen LogP contribution in [0.3, 0.4) is 0 Å². The van der Waals surface area contributed by atoms with Crippen molar-refractivity contribution in [2.24, 2.45) is 5.73 Å². The van der Waals surface area contributed by atoms with E-state index in [-0.39, 0.29) is 18.7 Å². The zero-order valence-electron chi connectivity index (χ0n) is 10.3. The number of hydrogen-bond donors (Lipinski definition) is 1. The first kappa shape index (κ1) is 15.8. The average Bonchev–Trinajstić information content (AvgIpc) is 2.29. The quantitative estimate of drug-likeness (QED) is 0.841. The summed E-state index contributed by atoms with van der Waals surface area (Å²) in [6.07, 6.45) is -5.22. The molecule has 0 heterocycles. The molecule has 1 aromatic rings. The Morgan fingerprint density at radius 2 is 1.89 bits per heavy atom. The third-order valence-corrected chi connectivity index (χ3v) is 2.67. The molecule has 2 nitrogen and oxygen atoms in total. The maximum Gasteiger partial charge on any atom is 0.390 e. The predicted molar refractivity (Wildman–Crippen MR) is 61.5 cm³/mol. The second-order valence-electron chi connectivity index (χ2n) is 4.38. The van der Waals surface area contributed by atoms with Gasteiger partial charge in [-0.05, 0) is 13.1 Å². The summed E-state index contributed by atoms with van der Waals surface area (Å²) in [5.41, 5.74) is 5.63. The van der Waals surface area contributed by atoms with Crippen molar-refractivity contribution in [3.05, 3.63) is 35.4 Å². The lowest BCUT2D eigenvalue weighted by molar-refractivity contribution is -0.137. The van der Waals surface area contributed by atoms with Crippen molar-refractivity contribution in [1.82, 2.24) is 4.90 Å². The Labute approximate surface area is 108 Å². The minimum absolute atomic E-state index is 0.0104. The zero-order valence-corrected chi connectivity index (χ0v) is 10.3. The highest BCUT2D eigenvalue weighted by atomic mass is 19.4. The van der Waals surface area contributed by atoms with E-state index in [1.807, 2.05) is 0 Å². The molecule has 19 heavy (non-hydrogen) atoms. The molecule has 1 aromatic carbocycles. The summed E-state index contributed by atoms with van der Waals surface area (Å²) in [5.74, 6) is -2.08. The second-order valence-corrected chi connectivity index (χ2v) is 4.38. The van der Waals surface area contributed by atoms with E-state index in [0.717, 1.165) is 6.07 Å². The number of nitrogens with two attached hydrogens (primary N) is 1. The molecule has 7 heteroatoms. The topological polar surface area (TPSA) is 29.3 Å². The summed E-state index contributed by atoms with van der Waals surface area (Å²) in [6, 6.07) is 2.71. The minimum Gasteiger partial charge on any atom is -0.323 e. The van der Waals surface area contributed by atoms with Gasteiger partial charge >= 0.3 is 6.18 Å². The Morgan fingerprint density at radius 3 is 2.47 bits per heavy atom. The fourth-order valence-corrected chi connectivity index (χ4v) is 1.65. The molecule has 0 saturated heterocycles. The molecular weight excluding hydrogens is 267 g/mol. The van der Waals surface area contributed by atoms with Crippen LogP contribution in [-0.2, 0) is 0 Å². The molecule has 0 aliphatic heterocycles. The van der Waals surface area contributed by atoms with Gasteiger partial charge in [0.15, 0.2) is 11.6 Å². The summed E-state index contributed by atoms with van der Waals surface area (Å²) in [7, 11) is 1.45. The summed E-state index contributed by atoms with van der Waals surface area (Å²) in [5, 5.41) is 0. The molecule has 2 N–H and O–H groups in total. The molecule has 108 valence electrons. The molecule has 0 fully saturated rings. The maximum atomic E-state index is 13.4. The molecule has 0 aromatic heterocycles. The van der Waals surface area contributed by atoms with Crippen LogP contribution in [0.5, 0.6) is 0 Å². The van der Waals surface area contributed by atoms with Crippen molar-refractivity contribution >= 4 is 0 Å². The van der Waals surface area contributed by atoms with E-state index in [9.17, 15) is 22.0 Å². The molecule has 1 unspecified atom stereocenters. The van der Waals surface area contributed by atoms with Gasteiger partial charge in [0.2, 0.25) is 0 Å². The van der Waals surface area contributed by atoms with Crippen LogP contribution in [0.25, 0.3) is 0 Å². The Hall–Kier alpha value is -1.21. The molecule has 0 radical (unpaired) electrons. The number of likely N-dealkylation sites (N-methyl/N-ethyl adjacent to an activating group) is 1. The molecule has 0 amide bonds. The monoisotopic (exact) mass is 282 g/mol. The van der Waals surface area contributed by atoms with Crippen LogP contribution in [0.4, 0.5) is 22.0 Å². The minimum atomic E-state index is -4.25. The first-order valence-electron chi connectivity index (χ1n) is 5.65. The lowest BCUT2D eigenvalue weighted by atomic mass is 10.1. The van der Waals surface area contributed by atoms with Gasteiger partial charge in [0.05, 0.1) is 6.42 Å². The van der Waals surface area contributed by atoms with Gasteiger partial charge in [-0.25, -0.2) is 8.78 Å². The fourth-order valence-electron chi connectivity index (χ4n) is 1.65. The highest BCUT2D eigenvalue weighted by Gasteiger charge is 2.27. The first-order chi connectivity index (χ1) is 8.70. The summed E-state index contributed by atoms with van der Waals surface area (Å²) >= 11 is 0. The van der Waals surface area contributed by atoms with E-state index in [1.54, 1.807) is 0 Å². The summed E-state index contributed by atoms with van der Waals surface area (Å²) in [6.45, 7) is -0.232. The zero-order chi connectivity index (χ0) is 14.6. The van der Waals surface area contributed by atoms with Crippen LogP contribution in [0.1, 0.15) is 18.0 Å². The van der Waals surface area contributed by atoms with Gasteiger partial charge < -0.3 is 10.6 Å². The van der Waals surface area contributed by atoms with Crippen molar-refractivity contribution < 1.29 is 22.0 Å². The van der Waals surface area contributed by atoms with Crippen LogP contribution in [0, 0.1) is 11.6 Å². The molecule has 1 atom stereocenters. The maximum absolute atomic E-state index is 13.4. The van der Waals surface area contributed by atoms with Gasteiger partial charge in [0.1, 0.15) is 0 Å². The Kier molecular flexibility index (Phi) is 5.25. The van der Waals surface area contributed by atoms with E-state index in [4.69, 9.17) is 5.73 Å². The fraction of sp³-hybridized carbons (Fsp3) is 0.500. The van der Waals surface area contributed by atoms with E-state index in [1.165, 1.54) is 24.1 Å². The highest BCUT2D eigenvalue weighted by Crippen LogP contribution is 2.21. The SMILES string of the molecule is CN(CCC(F)(F)F)CC(N)c1cccc(F)c1F. The number of benzene rings is 1. The normalized spacial score (nSPS) is 13.9. The molecule has 0 aliphatic rings. The van der Waals surface area contributed by atoms with Gasteiger partial charge in [-0.15, -0.1) is 0 Å². The molecule has 0 spiro atoms. The largest absolute Gasteiger partial charge is 0.390 e. The van der Waals surface area contributed by atoms with Crippen LogP contribution < -0.4 is 5.73 Å². The Morgan fingerprint density at radius 1 is 1.26 bits per heavy atom. The lowest BCUT2D eigenvalue weighted by Crippen LogP contribution is -2.32. The van der Waals surface area contributed by atoms with Gasteiger partial charge in [0.25, 0.3) is 0 Å². The van der Waals surface area contributed by atoms with Gasteiger partial charge in [-0.1, -0.05) is 12.1 Å². The predicted octanol–water partition coefficient (Wildman–Crippen LogP) is 2.85. The first-order valence-corrected chi connectivity index (χ1v) is 5.65. The molecule has 1 rings (SSSR count).